The molecule has 116 valence electrons. The average molecular weight is 423 g/mol. The largest absolute Gasteiger partial charge is 0.481 e. The Kier molecular flexibility index (Phi) is 5.13. The maximum Gasteiger partial charge on any atom is 0.263 e. The fourth-order valence-electron chi connectivity index (χ4n) is 2.34. The van der Waals surface area contributed by atoms with Crippen LogP contribution in [0.4, 0.5) is 0 Å². The van der Waals surface area contributed by atoms with E-state index in [0.29, 0.717) is 12.2 Å². The summed E-state index contributed by atoms with van der Waals surface area (Å²) >= 11 is 2.18. The number of nitrogens with zero attached hydrogens (tertiary/aromatic N) is 1. The molecule has 1 amide bonds. The number of amides is 1. The van der Waals surface area contributed by atoms with Gasteiger partial charge in [-0.3, -0.25) is 4.79 Å². The molecule has 1 aromatic carbocycles. The van der Waals surface area contributed by atoms with E-state index in [-0.39, 0.29) is 23.5 Å². The number of hydrogen-bond acceptors (Lipinski definition) is 4. The number of ether oxygens (including phenoxy) is 1. The number of rotatable bonds is 4. The van der Waals surface area contributed by atoms with Gasteiger partial charge in [-0.2, -0.15) is 0 Å². The summed E-state index contributed by atoms with van der Waals surface area (Å²) in [5, 5.41) is 0. The third-order valence-corrected chi connectivity index (χ3v) is 5.98. The summed E-state index contributed by atoms with van der Waals surface area (Å²) in [5.41, 5.74) is 0. The molecular formula is C14H18INO4S. The Balaban J connectivity index is 1.99. The van der Waals surface area contributed by atoms with Crippen LogP contribution >= 0.6 is 22.6 Å². The van der Waals surface area contributed by atoms with Gasteiger partial charge in [0.2, 0.25) is 0 Å². The van der Waals surface area contributed by atoms with Gasteiger partial charge in [-0.05, 0) is 54.1 Å². The predicted octanol–water partition coefficient (Wildman–Crippen LogP) is 1.70. The number of carbonyl (C=O) groups is 1. The summed E-state index contributed by atoms with van der Waals surface area (Å²) in [6.45, 7) is 1.68. The van der Waals surface area contributed by atoms with Crippen molar-refractivity contribution in [3.05, 3.63) is 27.8 Å². The molecule has 1 fully saturated rings. The molecule has 1 aliphatic rings. The van der Waals surface area contributed by atoms with E-state index in [2.05, 4.69) is 22.6 Å². The second kappa shape index (κ2) is 6.51. The van der Waals surface area contributed by atoms with Crippen LogP contribution in [-0.4, -0.2) is 49.9 Å². The fraction of sp³-hybridized carbons (Fsp3) is 0.500. The summed E-state index contributed by atoms with van der Waals surface area (Å²) in [7, 11) is -1.36. The van der Waals surface area contributed by atoms with Crippen LogP contribution in [0.3, 0.4) is 0 Å². The molecule has 0 bridgehead atoms. The SMILES string of the molecule is CC(Oc1cccc(I)c1)C(=O)N(C)C1CCS(=O)(=O)C1. The molecule has 0 saturated carbocycles. The van der Waals surface area contributed by atoms with Gasteiger partial charge in [0, 0.05) is 16.7 Å². The maximum atomic E-state index is 12.3. The summed E-state index contributed by atoms with van der Waals surface area (Å²) in [4.78, 5) is 13.8. The van der Waals surface area contributed by atoms with Crippen LogP contribution in [0.1, 0.15) is 13.3 Å². The minimum Gasteiger partial charge on any atom is -0.481 e. The van der Waals surface area contributed by atoms with Crippen LogP contribution < -0.4 is 4.74 Å². The number of halogens is 1. The summed E-state index contributed by atoms with van der Waals surface area (Å²) in [5.74, 6) is 0.637. The van der Waals surface area contributed by atoms with E-state index < -0.39 is 15.9 Å². The smallest absolute Gasteiger partial charge is 0.263 e. The molecule has 1 aliphatic heterocycles. The van der Waals surface area contributed by atoms with Crippen LogP contribution in [0.15, 0.2) is 24.3 Å². The zero-order valence-electron chi connectivity index (χ0n) is 12.0. The van der Waals surface area contributed by atoms with Crippen molar-refractivity contribution in [2.75, 3.05) is 18.6 Å². The molecule has 1 heterocycles. The number of carbonyl (C=O) groups excluding carboxylic acids is 1. The van der Waals surface area contributed by atoms with Gasteiger partial charge in [-0.15, -0.1) is 0 Å². The zero-order chi connectivity index (χ0) is 15.6. The summed E-state index contributed by atoms with van der Waals surface area (Å²) in [6.07, 6.45) is -0.142. The van der Waals surface area contributed by atoms with E-state index in [1.807, 2.05) is 18.2 Å². The molecule has 0 aliphatic carbocycles. The van der Waals surface area contributed by atoms with E-state index in [0.717, 1.165) is 3.57 Å². The van der Waals surface area contributed by atoms with E-state index in [4.69, 9.17) is 4.74 Å². The van der Waals surface area contributed by atoms with E-state index >= 15 is 0 Å². The van der Waals surface area contributed by atoms with Gasteiger partial charge < -0.3 is 9.64 Å². The van der Waals surface area contributed by atoms with Crippen molar-refractivity contribution in [2.45, 2.75) is 25.5 Å². The average Bonchev–Trinajstić information content (AvgIpc) is 2.77. The fourth-order valence-corrected chi connectivity index (χ4v) is 4.63. The molecular weight excluding hydrogens is 405 g/mol. The highest BCUT2D eigenvalue weighted by Gasteiger charge is 2.34. The highest BCUT2D eigenvalue weighted by Crippen LogP contribution is 2.20. The topological polar surface area (TPSA) is 63.7 Å². The van der Waals surface area contributed by atoms with E-state index in [1.54, 1.807) is 20.0 Å². The predicted molar refractivity (Wildman–Crippen MR) is 89.1 cm³/mol. The molecule has 7 heteroatoms. The summed E-state index contributed by atoms with van der Waals surface area (Å²) < 4.78 is 29.7. The first-order chi connectivity index (χ1) is 9.78. The van der Waals surface area contributed by atoms with Crippen molar-refractivity contribution in [1.82, 2.24) is 4.90 Å². The molecule has 2 atom stereocenters. The van der Waals surface area contributed by atoms with Crippen LogP contribution in [0.25, 0.3) is 0 Å². The van der Waals surface area contributed by atoms with Crippen LogP contribution in [0.5, 0.6) is 5.75 Å². The molecule has 0 N–H and O–H groups in total. The van der Waals surface area contributed by atoms with Gasteiger partial charge in [0.25, 0.3) is 5.91 Å². The Morgan fingerprint density at radius 3 is 2.76 bits per heavy atom. The van der Waals surface area contributed by atoms with Gasteiger partial charge in [-0.25, -0.2) is 8.42 Å². The number of benzene rings is 1. The Bertz CT molecular complexity index is 632. The monoisotopic (exact) mass is 423 g/mol. The molecule has 0 radical (unpaired) electrons. The Morgan fingerprint density at radius 1 is 1.48 bits per heavy atom. The second-order valence-corrected chi connectivity index (χ2v) is 8.70. The second-order valence-electron chi connectivity index (χ2n) is 5.22. The molecule has 1 saturated heterocycles. The summed E-state index contributed by atoms with van der Waals surface area (Å²) in [6, 6.07) is 7.21. The number of sulfone groups is 1. The lowest BCUT2D eigenvalue weighted by molar-refractivity contribution is -0.138. The van der Waals surface area contributed by atoms with Gasteiger partial charge in [0.15, 0.2) is 15.9 Å². The standard InChI is InChI=1S/C14H18INO4S/c1-10(20-13-5-3-4-11(15)8-13)14(17)16(2)12-6-7-21(18,19)9-12/h3-5,8,10,12H,6-7,9H2,1-2H3. The molecule has 1 aromatic rings. The first-order valence-electron chi connectivity index (χ1n) is 6.68. The normalized spacial score (nSPS) is 21.8. The highest BCUT2D eigenvalue weighted by atomic mass is 127. The zero-order valence-corrected chi connectivity index (χ0v) is 14.9. The van der Waals surface area contributed by atoms with Crippen molar-refractivity contribution < 1.29 is 17.9 Å². The number of likely N-dealkylation sites (N-methyl/N-ethyl adjacent to an activating group) is 1. The van der Waals surface area contributed by atoms with Crippen molar-refractivity contribution >= 4 is 38.3 Å². The van der Waals surface area contributed by atoms with E-state index in [1.165, 1.54) is 4.90 Å². The maximum absolute atomic E-state index is 12.3. The van der Waals surface area contributed by atoms with Crippen molar-refractivity contribution in [1.29, 1.82) is 0 Å². The molecule has 5 nitrogen and oxygen atoms in total. The van der Waals surface area contributed by atoms with Crippen molar-refractivity contribution in [3.63, 3.8) is 0 Å². The van der Waals surface area contributed by atoms with E-state index in [9.17, 15) is 13.2 Å². The number of hydrogen-bond donors (Lipinski definition) is 0. The van der Waals surface area contributed by atoms with Gasteiger partial charge in [0.1, 0.15) is 5.75 Å². The first kappa shape index (κ1) is 16.5. The van der Waals surface area contributed by atoms with Gasteiger partial charge in [0.05, 0.1) is 11.5 Å². The Morgan fingerprint density at radius 2 is 2.19 bits per heavy atom. The molecule has 2 rings (SSSR count). The lowest BCUT2D eigenvalue weighted by atomic mass is 10.2. The lowest BCUT2D eigenvalue weighted by Gasteiger charge is -2.26. The Labute approximate surface area is 138 Å². The van der Waals surface area contributed by atoms with Gasteiger partial charge in [-0.1, -0.05) is 6.07 Å². The van der Waals surface area contributed by atoms with Crippen LogP contribution in [0.2, 0.25) is 0 Å². The van der Waals surface area contributed by atoms with Crippen LogP contribution in [-0.2, 0) is 14.6 Å². The molecule has 21 heavy (non-hydrogen) atoms. The minimum atomic E-state index is -3.00. The lowest BCUT2D eigenvalue weighted by Crippen LogP contribution is -2.44. The Hall–Kier alpha value is -0.830. The molecule has 2 unspecified atom stereocenters. The van der Waals surface area contributed by atoms with Crippen LogP contribution in [0, 0.1) is 3.57 Å². The third kappa shape index (κ3) is 4.32. The first-order valence-corrected chi connectivity index (χ1v) is 9.58. The third-order valence-electron chi connectivity index (χ3n) is 3.56. The van der Waals surface area contributed by atoms with Crippen molar-refractivity contribution in [3.8, 4) is 5.75 Å². The molecule has 0 spiro atoms. The highest BCUT2D eigenvalue weighted by molar-refractivity contribution is 14.1. The molecule has 0 aromatic heterocycles. The van der Waals surface area contributed by atoms with Gasteiger partial charge >= 0.3 is 0 Å². The quantitative estimate of drug-likeness (QED) is 0.692. The minimum absolute atomic E-state index is 0.0468. The van der Waals surface area contributed by atoms with Crippen molar-refractivity contribution in [2.24, 2.45) is 0 Å².